The lowest BCUT2D eigenvalue weighted by atomic mass is 10.3. The molecule has 0 atom stereocenters. The molecule has 18 heavy (non-hydrogen) atoms. The molecule has 0 saturated heterocycles. The van der Waals surface area contributed by atoms with Crippen LogP contribution in [0.5, 0.6) is 0 Å². The van der Waals surface area contributed by atoms with Gasteiger partial charge in [-0.05, 0) is 30.4 Å². The Morgan fingerprint density at radius 3 is 2.94 bits per heavy atom. The van der Waals surface area contributed by atoms with Gasteiger partial charge in [-0.25, -0.2) is 0 Å². The number of aromatic nitrogens is 2. The van der Waals surface area contributed by atoms with E-state index in [1.165, 1.54) is 0 Å². The average molecular weight is 331 g/mol. The number of benzene rings is 1. The van der Waals surface area contributed by atoms with Crippen LogP contribution in [0.25, 0.3) is 11.0 Å². The Morgan fingerprint density at radius 1 is 1.33 bits per heavy atom. The van der Waals surface area contributed by atoms with Crippen LogP contribution in [0.1, 0.15) is 0 Å². The molecule has 0 radical (unpaired) electrons. The van der Waals surface area contributed by atoms with Crippen molar-refractivity contribution >= 4 is 39.2 Å². The van der Waals surface area contributed by atoms with E-state index in [0.717, 1.165) is 26.8 Å². The van der Waals surface area contributed by atoms with Crippen molar-refractivity contribution in [2.24, 2.45) is 0 Å². The van der Waals surface area contributed by atoms with Crippen LogP contribution < -0.4 is 0 Å². The molecule has 1 aromatic heterocycles. The number of nitrogens with one attached hydrogen (secondary N) is 1. The van der Waals surface area contributed by atoms with Crippen molar-refractivity contribution in [3.8, 4) is 0 Å². The van der Waals surface area contributed by atoms with E-state index in [4.69, 9.17) is 21.7 Å². The summed E-state index contributed by atoms with van der Waals surface area (Å²) in [6.07, 6.45) is 0. The summed E-state index contributed by atoms with van der Waals surface area (Å²) in [7, 11) is 1.66. The molecule has 1 N–H and O–H groups in total. The van der Waals surface area contributed by atoms with Gasteiger partial charge in [0.2, 0.25) is 0 Å². The predicted octanol–water partition coefficient (Wildman–Crippen LogP) is 3.12. The Labute approximate surface area is 119 Å². The second-order valence-corrected chi connectivity index (χ2v) is 5.15. The number of ether oxygens (including phenoxy) is 2. The lowest BCUT2D eigenvalue weighted by Crippen LogP contribution is -2.09. The van der Waals surface area contributed by atoms with Crippen LogP contribution in [0.15, 0.2) is 22.7 Å². The first-order valence-electron chi connectivity index (χ1n) is 5.67. The highest BCUT2D eigenvalue weighted by molar-refractivity contribution is 9.10. The number of halogens is 1. The van der Waals surface area contributed by atoms with Gasteiger partial charge in [0.1, 0.15) is 0 Å². The Morgan fingerprint density at radius 2 is 2.17 bits per heavy atom. The molecule has 6 heteroatoms. The fraction of sp³-hybridized carbons (Fsp3) is 0.417. The van der Waals surface area contributed by atoms with Crippen LogP contribution in [-0.4, -0.2) is 36.5 Å². The van der Waals surface area contributed by atoms with Gasteiger partial charge in [0.15, 0.2) is 4.77 Å². The highest BCUT2D eigenvalue weighted by atomic mass is 79.9. The summed E-state index contributed by atoms with van der Waals surface area (Å²) >= 11 is 8.75. The summed E-state index contributed by atoms with van der Waals surface area (Å²) in [5.74, 6) is 0. The van der Waals surface area contributed by atoms with Crippen LogP contribution in [0.2, 0.25) is 0 Å². The van der Waals surface area contributed by atoms with Crippen LogP contribution >= 0.6 is 28.1 Å². The average Bonchev–Trinajstić information content (AvgIpc) is 2.64. The highest BCUT2D eigenvalue weighted by Crippen LogP contribution is 2.19. The summed E-state index contributed by atoms with van der Waals surface area (Å²) in [5, 5.41) is 0. The van der Waals surface area contributed by atoms with E-state index in [1.807, 2.05) is 22.8 Å². The first kappa shape index (κ1) is 13.7. The second-order valence-electron chi connectivity index (χ2n) is 3.85. The minimum Gasteiger partial charge on any atom is -0.382 e. The zero-order chi connectivity index (χ0) is 13.0. The normalized spacial score (nSPS) is 11.2. The van der Waals surface area contributed by atoms with Gasteiger partial charge in [-0.3, -0.25) is 0 Å². The van der Waals surface area contributed by atoms with E-state index in [1.54, 1.807) is 7.11 Å². The number of hydrogen-bond acceptors (Lipinski definition) is 3. The minimum absolute atomic E-state index is 0.609. The summed E-state index contributed by atoms with van der Waals surface area (Å²) in [6, 6.07) is 6.07. The molecule has 0 bridgehead atoms. The zero-order valence-electron chi connectivity index (χ0n) is 10.1. The highest BCUT2D eigenvalue weighted by Gasteiger charge is 2.04. The summed E-state index contributed by atoms with van der Waals surface area (Å²) in [5.41, 5.74) is 2.13. The van der Waals surface area contributed by atoms with Crippen LogP contribution in [-0.2, 0) is 16.0 Å². The standard InChI is InChI=1S/C12H15BrN2O2S/c1-16-6-7-17-5-4-15-11-3-2-9(13)8-10(11)14-12(15)18/h2-3,8H,4-7H2,1H3,(H,14,18). The summed E-state index contributed by atoms with van der Waals surface area (Å²) in [4.78, 5) is 3.19. The first-order chi connectivity index (χ1) is 8.72. The van der Waals surface area contributed by atoms with E-state index in [0.29, 0.717) is 19.8 Å². The molecule has 0 aliphatic rings. The molecular weight excluding hydrogens is 316 g/mol. The number of rotatable bonds is 6. The monoisotopic (exact) mass is 330 g/mol. The Hall–Kier alpha value is -0.690. The number of fused-ring (bicyclic) bond motifs is 1. The molecule has 0 aliphatic carbocycles. The van der Waals surface area contributed by atoms with Crippen molar-refractivity contribution in [3.63, 3.8) is 0 Å². The summed E-state index contributed by atoms with van der Waals surface area (Å²) < 4.78 is 14.2. The topological polar surface area (TPSA) is 39.2 Å². The van der Waals surface area contributed by atoms with E-state index >= 15 is 0 Å². The Balaban J connectivity index is 2.08. The fourth-order valence-electron chi connectivity index (χ4n) is 1.76. The van der Waals surface area contributed by atoms with Gasteiger partial charge in [-0.15, -0.1) is 0 Å². The predicted molar refractivity (Wildman–Crippen MR) is 77.5 cm³/mol. The van der Waals surface area contributed by atoms with Gasteiger partial charge >= 0.3 is 0 Å². The lowest BCUT2D eigenvalue weighted by Gasteiger charge is -2.06. The van der Waals surface area contributed by atoms with E-state index in [2.05, 4.69) is 20.9 Å². The first-order valence-corrected chi connectivity index (χ1v) is 6.87. The SMILES string of the molecule is COCCOCCn1c(=S)[nH]c2cc(Br)ccc21. The van der Waals surface area contributed by atoms with Gasteiger partial charge in [-0.2, -0.15) is 0 Å². The van der Waals surface area contributed by atoms with Gasteiger partial charge in [0, 0.05) is 18.1 Å². The third kappa shape index (κ3) is 3.20. The molecule has 2 aromatic rings. The van der Waals surface area contributed by atoms with E-state index in [-0.39, 0.29) is 0 Å². The van der Waals surface area contributed by atoms with Crippen molar-refractivity contribution in [3.05, 3.63) is 27.4 Å². The molecular formula is C12H15BrN2O2S. The van der Waals surface area contributed by atoms with E-state index in [9.17, 15) is 0 Å². The van der Waals surface area contributed by atoms with Crippen molar-refractivity contribution in [2.45, 2.75) is 6.54 Å². The van der Waals surface area contributed by atoms with Crippen LogP contribution in [0, 0.1) is 4.77 Å². The molecule has 0 saturated carbocycles. The fourth-order valence-corrected chi connectivity index (χ4v) is 2.42. The third-order valence-electron chi connectivity index (χ3n) is 2.63. The van der Waals surface area contributed by atoms with Crippen molar-refractivity contribution in [1.82, 2.24) is 9.55 Å². The summed E-state index contributed by atoms with van der Waals surface area (Å²) in [6.45, 7) is 2.59. The molecule has 0 fully saturated rings. The molecule has 1 aromatic carbocycles. The minimum atomic E-state index is 0.609. The number of H-pyrrole nitrogens is 1. The number of aromatic amines is 1. The Bertz CT molecular complexity index is 579. The molecule has 0 aliphatic heterocycles. The quantitative estimate of drug-likeness (QED) is 0.653. The molecule has 0 amide bonds. The molecule has 98 valence electrons. The largest absolute Gasteiger partial charge is 0.382 e. The van der Waals surface area contributed by atoms with Crippen molar-refractivity contribution < 1.29 is 9.47 Å². The molecule has 0 spiro atoms. The van der Waals surface area contributed by atoms with Gasteiger partial charge in [0.05, 0.1) is 30.9 Å². The van der Waals surface area contributed by atoms with Gasteiger partial charge < -0.3 is 19.0 Å². The van der Waals surface area contributed by atoms with Crippen LogP contribution in [0.3, 0.4) is 0 Å². The Kier molecular flexibility index (Phi) is 4.94. The van der Waals surface area contributed by atoms with Crippen molar-refractivity contribution in [2.75, 3.05) is 26.9 Å². The second kappa shape index (κ2) is 6.47. The van der Waals surface area contributed by atoms with Crippen molar-refractivity contribution in [1.29, 1.82) is 0 Å². The zero-order valence-corrected chi connectivity index (χ0v) is 12.5. The smallest absolute Gasteiger partial charge is 0.178 e. The molecule has 4 nitrogen and oxygen atoms in total. The number of methoxy groups -OCH3 is 1. The maximum atomic E-state index is 5.46. The molecule has 0 unspecified atom stereocenters. The number of hydrogen-bond donors (Lipinski definition) is 1. The molecule has 2 rings (SSSR count). The van der Waals surface area contributed by atoms with E-state index < -0.39 is 0 Å². The maximum Gasteiger partial charge on any atom is 0.178 e. The number of imidazole rings is 1. The van der Waals surface area contributed by atoms with Gasteiger partial charge in [-0.1, -0.05) is 15.9 Å². The maximum absolute atomic E-state index is 5.46. The van der Waals surface area contributed by atoms with Crippen LogP contribution in [0.4, 0.5) is 0 Å². The lowest BCUT2D eigenvalue weighted by molar-refractivity contribution is 0.0668. The molecule has 1 heterocycles. The third-order valence-corrected chi connectivity index (χ3v) is 3.44. The number of nitrogens with zero attached hydrogens (tertiary/aromatic N) is 1. The van der Waals surface area contributed by atoms with Gasteiger partial charge in [0.25, 0.3) is 0 Å².